The predicted molar refractivity (Wildman–Crippen MR) is 67.3 cm³/mol. The third-order valence-electron chi connectivity index (χ3n) is 3.87. The molecule has 17 heavy (non-hydrogen) atoms. The van der Waals surface area contributed by atoms with Crippen LogP contribution < -0.4 is 5.32 Å². The molecule has 1 aliphatic rings. The summed E-state index contributed by atoms with van der Waals surface area (Å²) in [5.41, 5.74) is 4.79. The number of benzene rings is 1. The van der Waals surface area contributed by atoms with Gasteiger partial charge in [0.2, 0.25) is 0 Å². The minimum atomic E-state index is -0.0259. The topological polar surface area (TPSA) is 38.1 Å². The highest BCUT2D eigenvalue weighted by Crippen LogP contribution is 2.45. The van der Waals surface area contributed by atoms with E-state index in [1.165, 1.54) is 11.1 Å². The number of aryl methyl sites for hydroxylation is 1. The van der Waals surface area contributed by atoms with Gasteiger partial charge in [-0.05, 0) is 30.9 Å². The van der Waals surface area contributed by atoms with Crippen LogP contribution in [0, 0.1) is 0 Å². The zero-order chi connectivity index (χ0) is 11.9. The van der Waals surface area contributed by atoms with Crippen molar-refractivity contribution in [2.24, 2.45) is 0 Å². The fraction of sp³-hybridized carbons (Fsp3) is 0.357. The van der Waals surface area contributed by atoms with E-state index in [9.17, 15) is 0 Å². The van der Waals surface area contributed by atoms with Gasteiger partial charge in [0.15, 0.2) is 0 Å². The zero-order valence-electron chi connectivity index (χ0n) is 10.2. The van der Waals surface area contributed by atoms with Crippen LogP contribution in [0.3, 0.4) is 0 Å². The van der Waals surface area contributed by atoms with Gasteiger partial charge < -0.3 is 9.84 Å². The highest BCUT2D eigenvalue weighted by molar-refractivity contribution is 5.55. The Kier molecular flexibility index (Phi) is 2.21. The summed E-state index contributed by atoms with van der Waals surface area (Å²) in [5, 5.41) is 7.35. The Morgan fingerprint density at radius 1 is 1.35 bits per heavy atom. The molecule has 3 rings (SSSR count). The second kappa shape index (κ2) is 3.62. The summed E-state index contributed by atoms with van der Waals surface area (Å²) < 4.78 is 5.12. The maximum atomic E-state index is 5.12. The molecule has 0 aliphatic heterocycles. The van der Waals surface area contributed by atoms with Gasteiger partial charge in [0.1, 0.15) is 12.0 Å². The molecule has 3 nitrogen and oxygen atoms in total. The quantitative estimate of drug-likeness (QED) is 0.858. The number of anilines is 1. The Labute approximate surface area is 101 Å². The van der Waals surface area contributed by atoms with Crippen LogP contribution in [0.2, 0.25) is 0 Å². The van der Waals surface area contributed by atoms with Crippen LogP contribution in [-0.2, 0) is 11.8 Å². The molecule has 1 aromatic carbocycles. The lowest BCUT2D eigenvalue weighted by Gasteiger charge is -2.23. The van der Waals surface area contributed by atoms with Crippen LogP contribution in [-0.4, -0.2) is 12.2 Å². The maximum Gasteiger partial charge on any atom is 0.147 e. The highest BCUT2D eigenvalue weighted by atomic mass is 16.5. The summed E-state index contributed by atoms with van der Waals surface area (Å²) in [6, 6.07) is 8.62. The van der Waals surface area contributed by atoms with E-state index in [-0.39, 0.29) is 5.41 Å². The molecule has 1 aromatic heterocycles. The van der Waals surface area contributed by atoms with Crippen LogP contribution in [0.5, 0.6) is 0 Å². The molecule has 88 valence electrons. The second-order valence-electron chi connectivity index (χ2n) is 4.82. The van der Waals surface area contributed by atoms with Crippen molar-refractivity contribution in [3.8, 4) is 0 Å². The second-order valence-corrected chi connectivity index (χ2v) is 4.82. The Morgan fingerprint density at radius 3 is 3.00 bits per heavy atom. The monoisotopic (exact) mass is 228 g/mol. The van der Waals surface area contributed by atoms with Gasteiger partial charge in [-0.25, -0.2) is 0 Å². The Balaban J connectivity index is 2.15. The fourth-order valence-electron chi connectivity index (χ4n) is 2.85. The van der Waals surface area contributed by atoms with Crippen molar-refractivity contribution < 1.29 is 4.52 Å². The Morgan fingerprint density at radius 2 is 2.18 bits per heavy atom. The molecule has 0 bridgehead atoms. The Bertz CT molecular complexity index is 547. The SMILES string of the molecule is CNc1conc1C1(C)CCc2ccccc21. The van der Waals surface area contributed by atoms with E-state index in [0.29, 0.717) is 0 Å². The van der Waals surface area contributed by atoms with E-state index >= 15 is 0 Å². The van der Waals surface area contributed by atoms with Crippen LogP contribution in [0.15, 0.2) is 35.1 Å². The number of aromatic nitrogens is 1. The summed E-state index contributed by atoms with van der Waals surface area (Å²) in [6.07, 6.45) is 3.89. The largest absolute Gasteiger partial charge is 0.384 e. The van der Waals surface area contributed by atoms with Crippen molar-refractivity contribution in [1.29, 1.82) is 0 Å². The highest BCUT2D eigenvalue weighted by Gasteiger charge is 2.39. The third kappa shape index (κ3) is 1.38. The summed E-state index contributed by atoms with van der Waals surface area (Å²) in [6.45, 7) is 2.25. The van der Waals surface area contributed by atoms with Crippen molar-refractivity contribution in [3.05, 3.63) is 47.3 Å². The average molecular weight is 228 g/mol. The molecule has 3 heteroatoms. The van der Waals surface area contributed by atoms with E-state index in [0.717, 1.165) is 24.2 Å². The number of rotatable bonds is 2. The number of hydrogen-bond donors (Lipinski definition) is 1. The molecule has 0 saturated heterocycles. The van der Waals surface area contributed by atoms with Crippen molar-refractivity contribution in [2.75, 3.05) is 12.4 Å². The van der Waals surface area contributed by atoms with Crippen LogP contribution in [0.1, 0.15) is 30.2 Å². The van der Waals surface area contributed by atoms with E-state index in [2.05, 4.69) is 41.7 Å². The molecule has 0 spiro atoms. The summed E-state index contributed by atoms with van der Waals surface area (Å²) >= 11 is 0. The maximum absolute atomic E-state index is 5.12. The first-order valence-corrected chi connectivity index (χ1v) is 5.97. The normalized spacial score (nSPS) is 22.5. The van der Waals surface area contributed by atoms with Gasteiger partial charge in [0, 0.05) is 12.5 Å². The van der Waals surface area contributed by atoms with Crippen molar-refractivity contribution in [1.82, 2.24) is 5.16 Å². The standard InChI is InChI=1S/C14H16N2O/c1-14(13-12(15-2)9-17-16-13)8-7-10-5-3-4-6-11(10)14/h3-6,9,15H,7-8H2,1-2H3. The molecule has 0 saturated carbocycles. The van der Waals surface area contributed by atoms with Gasteiger partial charge in [-0.2, -0.15) is 0 Å². The van der Waals surface area contributed by atoms with Crippen molar-refractivity contribution in [3.63, 3.8) is 0 Å². The Hall–Kier alpha value is -1.77. The smallest absolute Gasteiger partial charge is 0.147 e. The molecule has 1 heterocycles. The molecule has 1 N–H and O–H groups in total. The minimum Gasteiger partial charge on any atom is -0.384 e. The lowest BCUT2D eigenvalue weighted by Crippen LogP contribution is -2.21. The van der Waals surface area contributed by atoms with Crippen LogP contribution >= 0.6 is 0 Å². The number of fused-ring (bicyclic) bond motifs is 1. The van der Waals surface area contributed by atoms with E-state index in [4.69, 9.17) is 4.52 Å². The molecular weight excluding hydrogens is 212 g/mol. The summed E-state index contributed by atoms with van der Waals surface area (Å²) in [4.78, 5) is 0. The number of nitrogens with zero attached hydrogens (tertiary/aromatic N) is 1. The molecule has 2 aromatic rings. The molecule has 0 radical (unpaired) electrons. The molecule has 0 fully saturated rings. The zero-order valence-corrected chi connectivity index (χ0v) is 10.2. The summed E-state index contributed by atoms with van der Waals surface area (Å²) in [5.74, 6) is 0. The van der Waals surface area contributed by atoms with Crippen molar-refractivity contribution >= 4 is 5.69 Å². The van der Waals surface area contributed by atoms with E-state index in [1.807, 2.05) is 7.05 Å². The summed E-state index contributed by atoms with van der Waals surface area (Å²) in [7, 11) is 1.90. The average Bonchev–Trinajstić information content (AvgIpc) is 2.96. The minimum absolute atomic E-state index is 0.0259. The first kappa shape index (κ1) is 10.4. The lowest BCUT2D eigenvalue weighted by atomic mass is 9.80. The molecule has 1 atom stereocenters. The molecular formula is C14H16N2O. The molecule has 1 unspecified atom stereocenters. The van der Waals surface area contributed by atoms with E-state index in [1.54, 1.807) is 6.26 Å². The first-order chi connectivity index (χ1) is 8.25. The predicted octanol–water partition coefficient (Wildman–Crippen LogP) is 2.97. The first-order valence-electron chi connectivity index (χ1n) is 5.97. The molecule has 1 aliphatic carbocycles. The van der Waals surface area contributed by atoms with Gasteiger partial charge >= 0.3 is 0 Å². The fourth-order valence-corrected chi connectivity index (χ4v) is 2.85. The third-order valence-corrected chi connectivity index (χ3v) is 3.87. The number of hydrogen-bond acceptors (Lipinski definition) is 3. The van der Waals surface area contributed by atoms with Crippen molar-refractivity contribution in [2.45, 2.75) is 25.2 Å². The number of nitrogens with one attached hydrogen (secondary N) is 1. The van der Waals surface area contributed by atoms with Crippen LogP contribution in [0.4, 0.5) is 5.69 Å². The van der Waals surface area contributed by atoms with Gasteiger partial charge in [-0.3, -0.25) is 0 Å². The van der Waals surface area contributed by atoms with Gasteiger partial charge in [-0.15, -0.1) is 0 Å². The lowest BCUT2D eigenvalue weighted by molar-refractivity contribution is 0.392. The van der Waals surface area contributed by atoms with Crippen LogP contribution in [0.25, 0.3) is 0 Å². The van der Waals surface area contributed by atoms with E-state index < -0.39 is 0 Å². The van der Waals surface area contributed by atoms with Gasteiger partial charge in [0.05, 0.1) is 5.69 Å². The van der Waals surface area contributed by atoms with Gasteiger partial charge in [0.25, 0.3) is 0 Å². The molecule has 0 amide bonds. The van der Waals surface area contributed by atoms with Gasteiger partial charge in [-0.1, -0.05) is 29.4 Å².